The molecule has 0 saturated carbocycles. The van der Waals surface area contributed by atoms with Crippen LogP contribution in [0, 0.1) is 0 Å². The Balaban J connectivity index is 2.03. The molecule has 0 amide bonds. The van der Waals surface area contributed by atoms with Gasteiger partial charge < -0.3 is 0 Å². The fourth-order valence-corrected chi connectivity index (χ4v) is 4.47. The van der Waals surface area contributed by atoms with Gasteiger partial charge in [-0.2, -0.15) is 0 Å². The molecule has 17 heavy (non-hydrogen) atoms. The summed E-state index contributed by atoms with van der Waals surface area (Å²) >= 11 is 0. The molecule has 0 saturated heterocycles. The summed E-state index contributed by atoms with van der Waals surface area (Å²) in [6.07, 6.45) is 7.57. The number of rotatable bonds is 5. The third kappa shape index (κ3) is 3.19. The monoisotopic (exact) mass is 242 g/mol. The van der Waals surface area contributed by atoms with Crippen LogP contribution in [0.25, 0.3) is 0 Å². The van der Waals surface area contributed by atoms with Crippen LogP contribution in [0.1, 0.15) is 39.5 Å². The highest BCUT2D eigenvalue weighted by Crippen LogP contribution is 2.29. The average molecular weight is 242 g/mol. The lowest BCUT2D eigenvalue weighted by molar-refractivity contribution is 0.867. The van der Waals surface area contributed by atoms with Gasteiger partial charge in [0.05, 0.1) is 9.52 Å². The zero-order valence-electron chi connectivity index (χ0n) is 11.0. The van der Waals surface area contributed by atoms with Gasteiger partial charge in [0.15, 0.2) is 0 Å². The predicted molar refractivity (Wildman–Crippen MR) is 79.5 cm³/mol. The van der Waals surface area contributed by atoms with Crippen molar-refractivity contribution < 1.29 is 0 Å². The van der Waals surface area contributed by atoms with Crippen LogP contribution in [0.5, 0.6) is 0 Å². The van der Waals surface area contributed by atoms with Gasteiger partial charge in [-0.3, -0.25) is 0 Å². The van der Waals surface area contributed by atoms with Gasteiger partial charge in [-0.1, -0.05) is 72.6 Å². The fraction of sp³-hybridized carbons (Fsp3) is 0.375. The lowest BCUT2D eigenvalue weighted by Gasteiger charge is -2.05. The molecule has 0 aromatic heterocycles. The molecular weight excluding hydrogens is 220 g/mol. The molecule has 1 aliphatic carbocycles. The summed E-state index contributed by atoms with van der Waals surface area (Å²) in [5, 5.41) is 3.31. The van der Waals surface area contributed by atoms with Crippen molar-refractivity contribution in [3.8, 4) is 0 Å². The molecule has 1 aromatic rings. The summed E-state index contributed by atoms with van der Waals surface area (Å²) in [7, 11) is -0.205. The second-order valence-corrected chi connectivity index (χ2v) is 6.95. The largest absolute Gasteiger partial charge is 0.0828 e. The van der Waals surface area contributed by atoms with Crippen molar-refractivity contribution in [2.75, 3.05) is 0 Å². The lowest BCUT2D eigenvalue weighted by atomic mass is 10.0. The van der Waals surface area contributed by atoms with Crippen LogP contribution < -0.4 is 5.19 Å². The molecule has 2 rings (SSSR count). The van der Waals surface area contributed by atoms with Gasteiger partial charge in [0.25, 0.3) is 0 Å². The Morgan fingerprint density at radius 2 is 1.88 bits per heavy atom. The van der Waals surface area contributed by atoms with Gasteiger partial charge >= 0.3 is 0 Å². The van der Waals surface area contributed by atoms with Crippen LogP contribution in [0.4, 0.5) is 0 Å². The average Bonchev–Trinajstić information content (AvgIpc) is 2.73. The van der Waals surface area contributed by atoms with E-state index in [0.29, 0.717) is 0 Å². The normalized spacial score (nSPS) is 16.0. The van der Waals surface area contributed by atoms with E-state index >= 15 is 0 Å². The molecule has 1 heteroatoms. The zero-order valence-corrected chi connectivity index (χ0v) is 12.4. The van der Waals surface area contributed by atoms with Gasteiger partial charge in [-0.05, 0) is 24.8 Å². The SMILES string of the molecule is CCCC1=C(CC)C=C([SiH2]c2ccccc2)C1. The first-order valence-electron chi connectivity index (χ1n) is 6.77. The first-order valence-corrected chi connectivity index (χ1v) is 8.19. The molecule has 0 bridgehead atoms. The van der Waals surface area contributed by atoms with E-state index in [0.717, 1.165) is 0 Å². The van der Waals surface area contributed by atoms with E-state index in [4.69, 9.17) is 0 Å². The summed E-state index contributed by atoms with van der Waals surface area (Å²) in [5.41, 5.74) is 3.35. The summed E-state index contributed by atoms with van der Waals surface area (Å²) < 4.78 is 0. The molecule has 90 valence electrons. The summed E-state index contributed by atoms with van der Waals surface area (Å²) in [6.45, 7) is 4.57. The maximum Gasteiger partial charge on any atom is 0.0828 e. The standard InChI is InChI=1S/C16H22Si/c1-3-8-14-12-16(11-13(14)4-2)17-15-9-6-5-7-10-15/h5-7,9-11H,3-4,8,12,17H2,1-2H3. The Hall–Kier alpha value is -1.08. The second kappa shape index (κ2) is 6.01. The van der Waals surface area contributed by atoms with Crippen molar-refractivity contribution in [1.82, 2.24) is 0 Å². The highest BCUT2D eigenvalue weighted by Gasteiger charge is 2.14. The van der Waals surface area contributed by atoms with Gasteiger partial charge in [0.1, 0.15) is 0 Å². The minimum Gasteiger partial charge on any atom is -0.0783 e. The van der Waals surface area contributed by atoms with Gasteiger partial charge in [0.2, 0.25) is 0 Å². The molecule has 0 radical (unpaired) electrons. The Labute approximate surface area is 107 Å². The molecule has 0 spiro atoms. The Kier molecular flexibility index (Phi) is 4.38. The smallest absolute Gasteiger partial charge is 0.0783 e. The molecule has 0 heterocycles. The van der Waals surface area contributed by atoms with E-state index in [1.807, 2.05) is 0 Å². The minimum atomic E-state index is -0.205. The molecule has 0 N–H and O–H groups in total. The van der Waals surface area contributed by atoms with E-state index in [1.165, 1.54) is 25.7 Å². The first kappa shape index (κ1) is 12.4. The summed E-state index contributed by atoms with van der Waals surface area (Å²) in [6, 6.07) is 11.0. The van der Waals surface area contributed by atoms with E-state index in [9.17, 15) is 0 Å². The molecule has 0 fully saturated rings. The number of hydrogen-bond acceptors (Lipinski definition) is 0. The summed E-state index contributed by atoms with van der Waals surface area (Å²) in [5.74, 6) is 0. The molecule has 0 aliphatic heterocycles. The number of benzene rings is 1. The highest BCUT2D eigenvalue weighted by atomic mass is 28.2. The molecule has 1 aromatic carbocycles. The number of allylic oxidation sites excluding steroid dienone is 4. The first-order chi connectivity index (χ1) is 8.33. The second-order valence-electron chi connectivity index (χ2n) is 4.87. The van der Waals surface area contributed by atoms with Crippen LogP contribution in [0.3, 0.4) is 0 Å². The maximum atomic E-state index is 2.50. The topological polar surface area (TPSA) is 0 Å². The lowest BCUT2D eigenvalue weighted by Crippen LogP contribution is -2.15. The van der Waals surface area contributed by atoms with E-state index in [1.54, 1.807) is 21.5 Å². The van der Waals surface area contributed by atoms with Crippen molar-refractivity contribution in [2.45, 2.75) is 39.5 Å². The van der Waals surface area contributed by atoms with Gasteiger partial charge in [-0.15, -0.1) is 0 Å². The Morgan fingerprint density at radius 1 is 1.12 bits per heavy atom. The van der Waals surface area contributed by atoms with Gasteiger partial charge in [0, 0.05) is 0 Å². The van der Waals surface area contributed by atoms with E-state index in [-0.39, 0.29) is 9.52 Å². The van der Waals surface area contributed by atoms with Crippen molar-refractivity contribution in [1.29, 1.82) is 0 Å². The molecule has 0 unspecified atom stereocenters. The van der Waals surface area contributed by atoms with Crippen LogP contribution in [-0.4, -0.2) is 9.52 Å². The number of hydrogen-bond donors (Lipinski definition) is 0. The van der Waals surface area contributed by atoms with Crippen LogP contribution in [0.15, 0.2) is 52.8 Å². The fourth-order valence-electron chi connectivity index (χ4n) is 2.66. The van der Waals surface area contributed by atoms with Crippen molar-refractivity contribution >= 4 is 14.7 Å². The quantitative estimate of drug-likeness (QED) is 0.695. The molecule has 0 nitrogen and oxygen atoms in total. The molecular formula is C16H22Si. The van der Waals surface area contributed by atoms with Crippen molar-refractivity contribution in [2.24, 2.45) is 0 Å². The van der Waals surface area contributed by atoms with Crippen LogP contribution in [0.2, 0.25) is 0 Å². The Morgan fingerprint density at radius 3 is 2.53 bits per heavy atom. The third-order valence-electron chi connectivity index (χ3n) is 3.48. The van der Waals surface area contributed by atoms with E-state index < -0.39 is 0 Å². The van der Waals surface area contributed by atoms with Crippen molar-refractivity contribution in [3.05, 3.63) is 52.8 Å². The maximum absolute atomic E-state index is 2.50. The molecule has 1 aliphatic rings. The van der Waals surface area contributed by atoms with E-state index in [2.05, 4.69) is 50.3 Å². The zero-order chi connectivity index (χ0) is 12.1. The van der Waals surface area contributed by atoms with Gasteiger partial charge in [-0.25, -0.2) is 0 Å². The highest BCUT2D eigenvalue weighted by molar-refractivity contribution is 6.61. The van der Waals surface area contributed by atoms with Crippen molar-refractivity contribution in [3.63, 3.8) is 0 Å². The van der Waals surface area contributed by atoms with Crippen LogP contribution >= 0.6 is 0 Å². The third-order valence-corrected chi connectivity index (χ3v) is 5.27. The predicted octanol–water partition coefficient (Wildman–Crippen LogP) is 3.28. The minimum absolute atomic E-state index is 0.205. The van der Waals surface area contributed by atoms with Crippen LogP contribution in [-0.2, 0) is 0 Å². The molecule has 0 atom stereocenters. The Bertz CT molecular complexity index is 426. The summed E-state index contributed by atoms with van der Waals surface area (Å²) in [4.78, 5) is 0.